The van der Waals surface area contributed by atoms with Gasteiger partial charge in [0.05, 0.1) is 11.4 Å². The zero-order valence-electron chi connectivity index (χ0n) is 10.0. The number of anilines is 1. The minimum absolute atomic E-state index is 0.0577. The van der Waals surface area contributed by atoms with Gasteiger partial charge in [0.15, 0.2) is 0 Å². The molecule has 4 nitrogen and oxygen atoms in total. The van der Waals surface area contributed by atoms with Gasteiger partial charge < -0.3 is 5.73 Å². The highest BCUT2D eigenvalue weighted by atomic mass is 79.9. The molecule has 18 heavy (non-hydrogen) atoms. The van der Waals surface area contributed by atoms with Crippen LogP contribution in [0.3, 0.4) is 0 Å². The zero-order valence-corrected chi connectivity index (χ0v) is 13.2. The molecule has 0 saturated heterocycles. The number of halogens is 2. The summed E-state index contributed by atoms with van der Waals surface area (Å²) in [4.78, 5) is 0. The van der Waals surface area contributed by atoms with E-state index in [-0.39, 0.29) is 5.75 Å². The third kappa shape index (κ3) is 4.76. The molecular formula is C11H16BrClN2O2S. The number of benzene rings is 1. The quantitative estimate of drug-likeness (QED) is 0.771. The van der Waals surface area contributed by atoms with Crippen LogP contribution in [0.5, 0.6) is 0 Å². The fourth-order valence-corrected chi connectivity index (χ4v) is 3.42. The zero-order chi connectivity index (χ0) is 13.8. The first-order valence-corrected chi connectivity index (χ1v) is 8.34. The number of unbranched alkanes of at least 4 members (excludes halogenated alkanes) is 1. The lowest BCUT2D eigenvalue weighted by atomic mass is 10.2. The fraction of sp³-hybridized carbons (Fsp3) is 0.455. The average molecular weight is 356 g/mol. The van der Waals surface area contributed by atoms with Crippen LogP contribution in [0.1, 0.15) is 18.4 Å². The summed E-state index contributed by atoms with van der Waals surface area (Å²) in [5.41, 5.74) is 6.67. The van der Waals surface area contributed by atoms with Crippen molar-refractivity contribution < 1.29 is 8.42 Å². The SMILES string of the molecule is Cc1cc(Br)c(NS(=O)(=O)CCCCN)cc1Cl. The van der Waals surface area contributed by atoms with Gasteiger partial charge in [0, 0.05) is 9.50 Å². The summed E-state index contributed by atoms with van der Waals surface area (Å²) in [5, 5.41) is 0.526. The first-order valence-electron chi connectivity index (χ1n) is 5.52. The number of nitrogens with one attached hydrogen (secondary N) is 1. The maximum atomic E-state index is 11.8. The van der Waals surface area contributed by atoms with Crippen molar-refractivity contribution >= 4 is 43.2 Å². The van der Waals surface area contributed by atoms with E-state index in [1.165, 1.54) is 0 Å². The highest BCUT2D eigenvalue weighted by molar-refractivity contribution is 9.10. The Balaban J connectivity index is 2.81. The minimum atomic E-state index is -3.35. The van der Waals surface area contributed by atoms with E-state index < -0.39 is 10.0 Å². The standard InChI is InChI=1S/C11H16BrClN2O2S/c1-8-6-9(12)11(7-10(8)13)15-18(16,17)5-3-2-4-14/h6-7,15H,2-5,14H2,1H3. The third-order valence-corrected chi connectivity index (χ3v) is 4.80. The molecule has 1 aromatic carbocycles. The topological polar surface area (TPSA) is 72.2 Å². The summed E-state index contributed by atoms with van der Waals surface area (Å²) < 4.78 is 26.8. The maximum absolute atomic E-state index is 11.8. The Morgan fingerprint density at radius 1 is 1.39 bits per heavy atom. The molecule has 0 heterocycles. The minimum Gasteiger partial charge on any atom is -0.330 e. The molecule has 0 bridgehead atoms. The van der Waals surface area contributed by atoms with Crippen molar-refractivity contribution in [2.45, 2.75) is 19.8 Å². The van der Waals surface area contributed by atoms with Crippen molar-refractivity contribution in [2.24, 2.45) is 5.73 Å². The molecule has 0 aliphatic heterocycles. The van der Waals surface area contributed by atoms with E-state index in [0.717, 1.165) is 5.56 Å². The predicted octanol–water partition coefficient (Wildman–Crippen LogP) is 2.89. The molecule has 1 rings (SSSR count). The molecule has 0 aliphatic rings. The number of hydrogen-bond donors (Lipinski definition) is 2. The molecule has 0 radical (unpaired) electrons. The van der Waals surface area contributed by atoms with E-state index in [0.29, 0.717) is 34.6 Å². The summed E-state index contributed by atoms with van der Waals surface area (Å²) in [5.74, 6) is 0.0577. The number of sulfonamides is 1. The molecule has 0 saturated carbocycles. The number of nitrogens with two attached hydrogens (primary N) is 1. The van der Waals surface area contributed by atoms with E-state index >= 15 is 0 Å². The van der Waals surface area contributed by atoms with Crippen molar-refractivity contribution in [3.05, 3.63) is 27.2 Å². The van der Waals surface area contributed by atoms with Crippen LogP contribution in [0.2, 0.25) is 5.02 Å². The van der Waals surface area contributed by atoms with Crippen LogP contribution in [0.4, 0.5) is 5.69 Å². The number of hydrogen-bond acceptors (Lipinski definition) is 3. The van der Waals surface area contributed by atoms with Gasteiger partial charge in [0.2, 0.25) is 10.0 Å². The smallest absolute Gasteiger partial charge is 0.232 e. The van der Waals surface area contributed by atoms with Crippen LogP contribution in [-0.4, -0.2) is 20.7 Å². The lowest BCUT2D eigenvalue weighted by Crippen LogP contribution is -2.17. The Kier molecular flexibility index (Phi) is 5.91. The molecule has 7 heteroatoms. The first kappa shape index (κ1) is 15.8. The van der Waals surface area contributed by atoms with Crippen molar-refractivity contribution in [3.8, 4) is 0 Å². The Morgan fingerprint density at radius 3 is 2.67 bits per heavy atom. The Bertz CT molecular complexity index is 520. The van der Waals surface area contributed by atoms with Crippen LogP contribution in [0.15, 0.2) is 16.6 Å². The molecule has 3 N–H and O–H groups in total. The Hall–Kier alpha value is -0.300. The Morgan fingerprint density at radius 2 is 2.06 bits per heavy atom. The molecular weight excluding hydrogens is 340 g/mol. The molecule has 1 aromatic rings. The fourth-order valence-electron chi connectivity index (χ4n) is 1.38. The average Bonchev–Trinajstić information content (AvgIpc) is 2.26. The van der Waals surface area contributed by atoms with Crippen molar-refractivity contribution in [1.82, 2.24) is 0 Å². The van der Waals surface area contributed by atoms with Gasteiger partial charge in [-0.2, -0.15) is 0 Å². The number of aryl methyl sites for hydroxylation is 1. The van der Waals surface area contributed by atoms with Gasteiger partial charge in [-0.1, -0.05) is 11.6 Å². The van der Waals surface area contributed by atoms with Crippen LogP contribution < -0.4 is 10.5 Å². The van der Waals surface area contributed by atoms with Crippen molar-refractivity contribution in [2.75, 3.05) is 17.0 Å². The van der Waals surface area contributed by atoms with Gasteiger partial charge in [0.1, 0.15) is 0 Å². The molecule has 0 spiro atoms. The maximum Gasteiger partial charge on any atom is 0.232 e. The summed E-state index contributed by atoms with van der Waals surface area (Å²) in [6.07, 6.45) is 1.24. The number of rotatable bonds is 6. The van der Waals surface area contributed by atoms with Gasteiger partial charge in [-0.25, -0.2) is 8.42 Å². The van der Waals surface area contributed by atoms with Crippen LogP contribution in [-0.2, 0) is 10.0 Å². The molecule has 0 fully saturated rings. The van der Waals surface area contributed by atoms with Crippen LogP contribution in [0, 0.1) is 6.92 Å². The normalized spacial score (nSPS) is 11.6. The van der Waals surface area contributed by atoms with E-state index in [1.807, 2.05) is 6.92 Å². The molecule has 0 amide bonds. The largest absolute Gasteiger partial charge is 0.330 e. The highest BCUT2D eigenvalue weighted by Gasteiger charge is 2.13. The van der Waals surface area contributed by atoms with Gasteiger partial charge in [-0.05, 0) is 59.9 Å². The lowest BCUT2D eigenvalue weighted by molar-refractivity contribution is 0.597. The van der Waals surface area contributed by atoms with Crippen molar-refractivity contribution in [1.29, 1.82) is 0 Å². The van der Waals surface area contributed by atoms with Crippen LogP contribution >= 0.6 is 27.5 Å². The summed E-state index contributed by atoms with van der Waals surface area (Å²) in [7, 11) is -3.35. The van der Waals surface area contributed by atoms with Crippen LogP contribution in [0.25, 0.3) is 0 Å². The van der Waals surface area contributed by atoms with E-state index in [2.05, 4.69) is 20.7 Å². The lowest BCUT2D eigenvalue weighted by Gasteiger charge is -2.11. The Labute approximate surface area is 121 Å². The monoisotopic (exact) mass is 354 g/mol. The molecule has 0 aliphatic carbocycles. The summed E-state index contributed by atoms with van der Waals surface area (Å²) in [6.45, 7) is 2.35. The summed E-state index contributed by atoms with van der Waals surface area (Å²) >= 11 is 9.28. The van der Waals surface area contributed by atoms with Gasteiger partial charge in [-0.15, -0.1) is 0 Å². The molecule has 0 atom stereocenters. The second kappa shape index (κ2) is 6.75. The van der Waals surface area contributed by atoms with Gasteiger partial charge in [0.25, 0.3) is 0 Å². The molecule has 0 unspecified atom stereocenters. The second-order valence-electron chi connectivity index (χ2n) is 4.00. The van der Waals surface area contributed by atoms with Gasteiger partial charge >= 0.3 is 0 Å². The third-order valence-electron chi connectivity index (χ3n) is 2.38. The molecule has 0 aromatic heterocycles. The van der Waals surface area contributed by atoms with Crippen molar-refractivity contribution in [3.63, 3.8) is 0 Å². The van der Waals surface area contributed by atoms with E-state index in [1.54, 1.807) is 12.1 Å². The second-order valence-corrected chi connectivity index (χ2v) is 7.10. The highest BCUT2D eigenvalue weighted by Crippen LogP contribution is 2.29. The van der Waals surface area contributed by atoms with E-state index in [4.69, 9.17) is 17.3 Å². The van der Waals surface area contributed by atoms with E-state index in [9.17, 15) is 8.42 Å². The predicted molar refractivity (Wildman–Crippen MR) is 79.6 cm³/mol. The molecule has 102 valence electrons. The van der Waals surface area contributed by atoms with Gasteiger partial charge in [-0.3, -0.25) is 4.72 Å². The summed E-state index contributed by atoms with van der Waals surface area (Å²) in [6, 6.07) is 3.38. The first-order chi connectivity index (χ1) is 8.35.